The van der Waals surface area contributed by atoms with E-state index in [0.717, 1.165) is 11.1 Å². The van der Waals surface area contributed by atoms with Crippen LogP contribution in [0.4, 0.5) is 4.39 Å². The molecule has 2 aliphatic rings. The van der Waals surface area contributed by atoms with Crippen molar-refractivity contribution in [2.45, 2.75) is 25.9 Å². The van der Waals surface area contributed by atoms with Crippen molar-refractivity contribution in [3.05, 3.63) is 76.2 Å². The Morgan fingerprint density at radius 1 is 1.06 bits per heavy atom. The number of piperazine rings is 1. The summed E-state index contributed by atoms with van der Waals surface area (Å²) in [5.74, 6) is -0.376. The summed E-state index contributed by atoms with van der Waals surface area (Å²) < 4.78 is 14.1. The lowest BCUT2D eigenvalue weighted by Crippen LogP contribution is -2.49. The summed E-state index contributed by atoms with van der Waals surface area (Å²) in [6, 6.07) is 12.3. The predicted molar refractivity (Wildman–Crippen MR) is 119 cm³/mol. The monoisotopic (exact) mass is 441 g/mol. The molecule has 0 saturated carbocycles. The minimum atomic E-state index is -0.306. The molecule has 1 saturated heterocycles. The molecule has 5 nitrogen and oxygen atoms in total. The van der Waals surface area contributed by atoms with Gasteiger partial charge in [-0.3, -0.25) is 14.5 Å². The van der Waals surface area contributed by atoms with Crippen LogP contribution in [0, 0.1) is 5.82 Å². The van der Waals surface area contributed by atoms with Crippen LogP contribution >= 0.6 is 11.6 Å². The van der Waals surface area contributed by atoms with E-state index in [9.17, 15) is 14.0 Å². The van der Waals surface area contributed by atoms with Crippen molar-refractivity contribution >= 4 is 29.5 Å². The van der Waals surface area contributed by atoms with Crippen LogP contribution in [-0.4, -0.2) is 52.7 Å². The van der Waals surface area contributed by atoms with Gasteiger partial charge in [0.2, 0.25) is 11.8 Å². The molecule has 1 atom stereocenters. The fourth-order valence-corrected chi connectivity index (χ4v) is 4.49. The van der Waals surface area contributed by atoms with Crippen molar-refractivity contribution in [3.63, 3.8) is 0 Å². The lowest BCUT2D eigenvalue weighted by Gasteiger charge is -2.37. The molecule has 2 heterocycles. The van der Waals surface area contributed by atoms with E-state index in [2.05, 4.69) is 4.90 Å². The summed E-state index contributed by atoms with van der Waals surface area (Å²) in [7, 11) is 0. The van der Waals surface area contributed by atoms with E-state index in [-0.39, 0.29) is 30.1 Å². The van der Waals surface area contributed by atoms with Crippen molar-refractivity contribution in [2.24, 2.45) is 0 Å². The van der Waals surface area contributed by atoms with Gasteiger partial charge in [-0.2, -0.15) is 0 Å². The molecular weight excluding hydrogens is 417 g/mol. The minimum Gasteiger partial charge on any atom is -0.340 e. The number of benzene rings is 2. The number of carbonyl (C=O) groups excluding carboxylic acids is 2. The quantitative estimate of drug-likeness (QED) is 0.717. The Morgan fingerprint density at radius 3 is 2.52 bits per heavy atom. The van der Waals surface area contributed by atoms with Gasteiger partial charge in [0.25, 0.3) is 0 Å². The predicted octanol–water partition coefficient (Wildman–Crippen LogP) is 4.09. The second-order valence-corrected chi connectivity index (χ2v) is 8.36. The summed E-state index contributed by atoms with van der Waals surface area (Å²) in [6.45, 7) is 4.36. The normalized spacial score (nSPS) is 18.7. The Labute approximate surface area is 186 Å². The number of fused-ring (bicyclic) bond motifs is 1. The van der Waals surface area contributed by atoms with Crippen molar-refractivity contribution in [1.82, 2.24) is 14.7 Å². The van der Waals surface area contributed by atoms with Gasteiger partial charge < -0.3 is 9.80 Å². The molecule has 7 heteroatoms. The zero-order chi connectivity index (χ0) is 22.0. The maximum absolute atomic E-state index is 14.1. The molecule has 0 aromatic heterocycles. The molecular formula is C24H25ClFN3O2. The molecule has 1 unspecified atom stereocenters. The van der Waals surface area contributed by atoms with Gasteiger partial charge in [0, 0.05) is 56.4 Å². The van der Waals surface area contributed by atoms with Crippen molar-refractivity contribution in [1.29, 1.82) is 0 Å². The van der Waals surface area contributed by atoms with Gasteiger partial charge >= 0.3 is 0 Å². The second kappa shape index (κ2) is 9.20. The first-order chi connectivity index (χ1) is 14.9. The smallest absolute Gasteiger partial charge is 0.225 e. The number of carbonyl (C=O) groups is 2. The molecule has 162 valence electrons. The highest BCUT2D eigenvalue weighted by atomic mass is 35.5. The number of hydrogen-bond donors (Lipinski definition) is 0. The average molecular weight is 442 g/mol. The first kappa shape index (κ1) is 21.5. The van der Waals surface area contributed by atoms with E-state index in [4.69, 9.17) is 11.6 Å². The summed E-state index contributed by atoms with van der Waals surface area (Å²) >= 11 is 6.15. The van der Waals surface area contributed by atoms with Gasteiger partial charge in [0.15, 0.2) is 0 Å². The van der Waals surface area contributed by atoms with Crippen LogP contribution in [0.2, 0.25) is 5.02 Å². The molecule has 0 aliphatic carbocycles. The minimum absolute atomic E-state index is 0.0185. The van der Waals surface area contributed by atoms with Gasteiger partial charge in [0.05, 0.1) is 12.5 Å². The molecule has 2 aromatic rings. The zero-order valence-corrected chi connectivity index (χ0v) is 18.2. The topological polar surface area (TPSA) is 43.9 Å². The summed E-state index contributed by atoms with van der Waals surface area (Å²) in [5.41, 5.74) is 2.51. The highest BCUT2D eigenvalue weighted by Crippen LogP contribution is 2.33. The van der Waals surface area contributed by atoms with E-state index in [1.165, 1.54) is 13.0 Å². The Balaban J connectivity index is 1.40. The average Bonchev–Trinajstić information content (AvgIpc) is 2.77. The third-order valence-corrected chi connectivity index (χ3v) is 6.36. The molecule has 0 bridgehead atoms. The number of amides is 2. The molecule has 2 aromatic carbocycles. The largest absolute Gasteiger partial charge is 0.340 e. The zero-order valence-electron chi connectivity index (χ0n) is 17.4. The van der Waals surface area contributed by atoms with Gasteiger partial charge in [-0.25, -0.2) is 4.39 Å². The highest BCUT2D eigenvalue weighted by Gasteiger charge is 2.31. The summed E-state index contributed by atoms with van der Waals surface area (Å²) in [6.07, 6.45) is 3.91. The third-order valence-electron chi connectivity index (χ3n) is 6.01. The van der Waals surface area contributed by atoms with Gasteiger partial charge in [-0.1, -0.05) is 41.9 Å². The van der Waals surface area contributed by atoms with Crippen LogP contribution in [0.15, 0.2) is 48.7 Å². The number of hydrogen-bond acceptors (Lipinski definition) is 3. The molecule has 0 spiro atoms. The molecule has 1 fully saturated rings. The SMILES string of the molecule is CC(=O)N1C=Cc2ccccc2C1CC(=O)N1CCN(Cc2c(F)cccc2Cl)CC1. The number of halogens is 2. The molecule has 2 amide bonds. The molecule has 0 N–H and O–H groups in total. The van der Waals surface area contributed by atoms with Crippen LogP contribution in [-0.2, 0) is 16.1 Å². The van der Waals surface area contributed by atoms with E-state index in [1.807, 2.05) is 35.2 Å². The lowest BCUT2D eigenvalue weighted by molar-refractivity contribution is -0.136. The second-order valence-electron chi connectivity index (χ2n) is 7.95. The van der Waals surface area contributed by atoms with Crippen LogP contribution in [0.5, 0.6) is 0 Å². The Morgan fingerprint density at radius 2 is 1.81 bits per heavy atom. The summed E-state index contributed by atoms with van der Waals surface area (Å²) in [4.78, 5) is 30.8. The third kappa shape index (κ3) is 4.65. The van der Waals surface area contributed by atoms with Crippen LogP contribution in [0.3, 0.4) is 0 Å². The van der Waals surface area contributed by atoms with Gasteiger partial charge in [-0.05, 0) is 29.3 Å². The van der Waals surface area contributed by atoms with Crippen molar-refractivity contribution in [2.75, 3.05) is 26.2 Å². The molecule has 4 rings (SSSR count). The molecule has 31 heavy (non-hydrogen) atoms. The van der Waals surface area contributed by atoms with Crippen LogP contribution in [0.25, 0.3) is 6.08 Å². The Kier molecular flexibility index (Phi) is 6.39. The number of nitrogens with zero attached hydrogens (tertiary/aromatic N) is 3. The maximum atomic E-state index is 14.1. The van der Waals surface area contributed by atoms with Gasteiger partial charge in [-0.15, -0.1) is 0 Å². The number of rotatable bonds is 4. The van der Waals surface area contributed by atoms with Crippen molar-refractivity contribution in [3.8, 4) is 0 Å². The van der Waals surface area contributed by atoms with Gasteiger partial charge in [0.1, 0.15) is 5.82 Å². The lowest BCUT2D eigenvalue weighted by atomic mass is 9.93. The maximum Gasteiger partial charge on any atom is 0.225 e. The fourth-order valence-electron chi connectivity index (χ4n) is 4.27. The Hall–Kier alpha value is -2.70. The molecule has 0 radical (unpaired) electrons. The van der Waals surface area contributed by atoms with E-state index in [0.29, 0.717) is 43.3 Å². The van der Waals surface area contributed by atoms with E-state index in [1.54, 1.807) is 23.2 Å². The Bertz CT molecular complexity index is 997. The molecule has 2 aliphatic heterocycles. The first-order valence-corrected chi connectivity index (χ1v) is 10.8. The fraction of sp³-hybridized carbons (Fsp3) is 0.333. The summed E-state index contributed by atoms with van der Waals surface area (Å²) in [5, 5.41) is 0.423. The standard InChI is InChI=1S/C24H25ClFN3O2/c1-17(30)29-10-9-18-5-2-3-6-19(18)23(29)15-24(31)28-13-11-27(12-14-28)16-20-21(25)7-4-8-22(20)26/h2-10,23H,11-16H2,1H3. The van der Waals surface area contributed by atoms with E-state index >= 15 is 0 Å². The highest BCUT2D eigenvalue weighted by molar-refractivity contribution is 6.31. The van der Waals surface area contributed by atoms with Crippen molar-refractivity contribution < 1.29 is 14.0 Å². The van der Waals surface area contributed by atoms with Crippen LogP contribution in [0.1, 0.15) is 36.1 Å². The van der Waals surface area contributed by atoms with Crippen LogP contribution < -0.4 is 0 Å². The first-order valence-electron chi connectivity index (χ1n) is 10.4. The van der Waals surface area contributed by atoms with E-state index < -0.39 is 0 Å².